The van der Waals surface area contributed by atoms with E-state index < -0.39 is 0 Å². The SMILES string of the molecule is CN(C)C(=O)C1CNCCN1c1nc(Cl)cs1. The van der Waals surface area contributed by atoms with Gasteiger partial charge >= 0.3 is 0 Å². The molecule has 1 aromatic rings. The van der Waals surface area contributed by atoms with E-state index in [1.165, 1.54) is 11.3 Å². The summed E-state index contributed by atoms with van der Waals surface area (Å²) in [5, 5.41) is 6.32. The van der Waals surface area contributed by atoms with E-state index in [1.54, 1.807) is 24.4 Å². The molecule has 5 nitrogen and oxygen atoms in total. The first kappa shape index (κ1) is 12.6. The van der Waals surface area contributed by atoms with Gasteiger partial charge in [0.25, 0.3) is 0 Å². The van der Waals surface area contributed by atoms with Gasteiger partial charge in [0.2, 0.25) is 5.91 Å². The molecule has 94 valence electrons. The number of amides is 1. The third-order valence-electron chi connectivity index (χ3n) is 2.68. The molecular formula is C10H15ClN4OS. The van der Waals surface area contributed by atoms with Crippen molar-refractivity contribution in [1.82, 2.24) is 15.2 Å². The molecular weight excluding hydrogens is 260 g/mol. The summed E-state index contributed by atoms with van der Waals surface area (Å²) in [5.74, 6) is 0.0866. The van der Waals surface area contributed by atoms with Crippen molar-refractivity contribution in [1.29, 1.82) is 0 Å². The summed E-state index contributed by atoms with van der Waals surface area (Å²) in [5.41, 5.74) is 0. The molecule has 7 heteroatoms. The molecule has 1 unspecified atom stereocenters. The second kappa shape index (κ2) is 5.20. The molecule has 1 aromatic heterocycles. The predicted octanol–water partition coefficient (Wildman–Crippen LogP) is 0.663. The number of likely N-dealkylation sites (N-methyl/N-ethyl adjacent to an activating group) is 1. The maximum Gasteiger partial charge on any atom is 0.246 e. The number of anilines is 1. The normalized spacial score (nSPS) is 20.4. The molecule has 0 aliphatic carbocycles. The zero-order chi connectivity index (χ0) is 12.4. The predicted molar refractivity (Wildman–Crippen MR) is 69.8 cm³/mol. The lowest BCUT2D eigenvalue weighted by atomic mass is 10.2. The highest BCUT2D eigenvalue weighted by Gasteiger charge is 2.31. The Labute approximate surface area is 109 Å². The zero-order valence-electron chi connectivity index (χ0n) is 9.81. The van der Waals surface area contributed by atoms with Crippen molar-refractivity contribution < 1.29 is 4.79 Å². The van der Waals surface area contributed by atoms with E-state index in [4.69, 9.17) is 11.6 Å². The van der Waals surface area contributed by atoms with Crippen molar-refractivity contribution in [2.24, 2.45) is 0 Å². The summed E-state index contributed by atoms with van der Waals surface area (Å²) >= 11 is 7.30. The van der Waals surface area contributed by atoms with Gasteiger partial charge in [-0.2, -0.15) is 0 Å². The molecule has 0 saturated carbocycles. The number of nitrogens with zero attached hydrogens (tertiary/aromatic N) is 3. The third kappa shape index (κ3) is 2.70. The van der Waals surface area contributed by atoms with Crippen LogP contribution in [0.2, 0.25) is 5.15 Å². The number of rotatable bonds is 2. The fourth-order valence-corrected chi connectivity index (χ4v) is 2.85. The Balaban J connectivity index is 2.20. The van der Waals surface area contributed by atoms with E-state index >= 15 is 0 Å². The molecule has 2 heterocycles. The largest absolute Gasteiger partial charge is 0.347 e. The van der Waals surface area contributed by atoms with Crippen molar-refractivity contribution in [3.05, 3.63) is 10.5 Å². The number of carbonyl (C=O) groups is 1. The number of hydrogen-bond donors (Lipinski definition) is 1. The van der Waals surface area contributed by atoms with Gasteiger partial charge in [0, 0.05) is 39.1 Å². The van der Waals surface area contributed by atoms with Crippen LogP contribution in [0.3, 0.4) is 0 Å². The lowest BCUT2D eigenvalue weighted by Crippen LogP contribution is -2.57. The van der Waals surface area contributed by atoms with Crippen LogP contribution in [0.25, 0.3) is 0 Å². The van der Waals surface area contributed by atoms with Crippen molar-refractivity contribution in [3.8, 4) is 0 Å². The summed E-state index contributed by atoms with van der Waals surface area (Å²) in [6.07, 6.45) is 0. The molecule has 1 N–H and O–H groups in total. The first-order valence-electron chi connectivity index (χ1n) is 5.39. The van der Waals surface area contributed by atoms with Crippen LogP contribution in [0, 0.1) is 0 Å². The van der Waals surface area contributed by atoms with E-state index in [2.05, 4.69) is 10.3 Å². The Morgan fingerprint density at radius 1 is 1.71 bits per heavy atom. The molecule has 1 amide bonds. The summed E-state index contributed by atoms with van der Waals surface area (Å²) in [4.78, 5) is 19.9. The smallest absolute Gasteiger partial charge is 0.246 e. The number of nitrogens with one attached hydrogen (secondary N) is 1. The van der Waals surface area contributed by atoms with Crippen molar-refractivity contribution in [3.63, 3.8) is 0 Å². The van der Waals surface area contributed by atoms with E-state index in [0.29, 0.717) is 11.7 Å². The van der Waals surface area contributed by atoms with E-state index in [0.717, 1.165) is 18.2 Å². The maximum atomic E-state index is 12.1. The fraction of sp³-hybridized carbons (Fsp3) is 0.600. The topological polar surface area (TPSA) is 48.5 Å². The molecule has 1 atom stereocenters. The first-order valence-corrected chi connectivity index (χ1v) is 6.65. The van der Waals surface area contributed by atoms with Crippen LogP contribution < -0.4 is 10.2 Å². The maximum absolute atomic E-state index is 12.1. The van der Waals surface area contributed by atoms with Crippen LogP contribution in [0.5, 0.6) is 0 Å². The highest BCUT2D eigenvalue weighted by Crippen LogP contribution is 2.25. The van der Waals surface area contributed by atoms with E-state index in [1.807, 2.05) is 4.90 Å². The molecule has 1 aliphatic rings. The molecule has 1 fully saturated rings. The van der Waals surface area contributed by atoms with Gasteiger partial charge in [0.15, 0.2) is 5.13 Å². The molecule has 17 heavy (non-hydrogen) atoms. The minimum Gasteiger partial charge on any atom is -0.347 e. The van der Waals surface area contributed by atoms with Crippen LogP contribution in [0.15, 0.2) is 5.38 Å². The first-order chi connectivity index (χ1) is 8.09. The van der Waals surface area contributed by atoms with Crippen molar-refractivity contribution in [2.75, 3.05) is 38.6 Å². The Kier molecular flexibility index (Phi) is 3.86. The Morgan fingerprint density at radius 2 is 2.47 bits per heavy atom. The highest BCUT2D eigenvalue weighted by atomic mass is 35.5. The van der Waals surface area contributed by atoms with Crippen LogP contribution in [0.1, 0.15) is 0 Å². The number of thiazole rings is 1. The average Bonchev–Trinajstić information content (AvgIpc) is 2.74. The monoisotopic (exact) mass is 274 g/mol. The minimum absolute atomic E-state index is 0.0866. The Hall–Kier alpha value is -0.850. The highest BCUT2D eigenvalue weighted by molar-refractivity contribution is 7.14. The molecule has 0 aromatic carbocycles. The van der Waals surface area contributed by atoms with Crippen LogP contribution in [-0.4, -0.2) is 55.6 Å². The van der Waals surface area contributed by atoms with Gasteiger partial charge in [-0.3, -0.25) is 4.79 Å². The van der Waals surface area contributed by atoms with Crippen LogP contribution >= 0.6 is 22.9 Å². The van der Waals surface area contributed by atoms with E-state index in [9.17, 15) is 4.79 Å². The lowest BCUT2D eigenvalue weighted by molar-refractivity contribution is -0.130. The Morgan fingerprint density at radius 3 is 3.06 bits per heavy atom. The fourth-order valence-electron chi connectivity index (χ4n) is 1.83. The Bertz CT molecular complexity index is 409. The van der Waals surface area contributed by atoms with Gasteiger partial charge < -0.3 is 15.1 Å². The van der Waals surface area contributed by atoms with Gasteiger partial charge in [-0.1, -0.05) is 11.6 Å². The number of carbonyl (C=O) groups excluding carboxylic acids is 1. The zero-order valence-corrected chi connectivity index (χ0v) is 11.4. The van der Waals surface area contributed by atoms with Gasteiger partial charge in [-0.25, -0.2) is 4.98 Å². The molecule has 0 spiro atoms. The molecule has 2 rings (SSSR count). The van der Waals surface area contributed by atoms with Gasteiger partial charge in [0.05, 0.1) is 0 Å². The lowest BCUT2D eigenvalue weighted by Gasteiger charge is -2.36. The summed E-state index contributed by atoms with van der Waals surface area (Å²) < 4.78 is 0. The summed E-state index contributed by atoms with van der Waals surface area (Å²) in [6.45, 7) is 2.27. The van der Waals surface area contributed by atoms with Crippen molar-refractivity contribution >= 4 is 34.0 Å². The van der Waals surface area contributed by atoms with Crippen molar-refractivity contribution in [2.45, 2.75) is 6.04 Å². The number of piperazine rings is 1. The number of hydrogen-bond acceptors (Lipinski definition) is 5. The van der Waals surface area contributed by atoms with Crippen LogP contribution in [-0.2, 0) is 4.79 Å². The van der Waals surface area contributed by atoms with Crippen LogP contribution in [0.4, 0.5) is 5.13 Å². The standard InChI is InChI=1S/C10H15ClN4OS/c1-14(2)9(16)7-5-12-3-4-15(7)10-13-8(11)6-17-10/h6-7,12H,3-5H2,1-2H3. The second-order valence-corrected chi connectivity index (χ2v) is 5.32. The number of halogens is 1. The van der Waals surface area contributed by atoms with E-state index in [-0.39, 0.29) is 11.9 Å². The molecule has 0 bridgehead atoms. The molecule has 1 saturated heterocycles. The minimum atomic E-state index is -0.194. The third-order valence-corrected chi connectivity index (χ3v) is 3.88. The summed E-state index contributed by atoms with van der Waals surface area (Å²) in [7, 11) is 3.54. The molecule has 1 aliphatic heterocycles. The van der Waals surface area contributed by atoms with Gasteiger partial charge in [-0.15, -0.1) is 11.3 Å². The summed E-state index contributed by atoms with van der Waals surface area (Å²) in [6, 6.07) is -0.194. The van der Waals surface area contributed by atoms with Gasteiger partial charge in [0.1, 0.15) is 11.2 Å². The van der Waals surface area contributed by atoms with Gasteiger partial charge in [-0.05, 0) is 0 Å². The number of aromatic nitrogens is 1. The quantitative estimate of drug-likeness (QED) is 0.861. The molecule has 0 radical (unpaired) electrons. The average molecular weight is 275 g/mol. The second-order valence-electron chi connectivity index (χ2n) is 4.10.